The number of fused-ring (bicyclic) bond motifs is 3. The van der Waals surface area contributed by atoms with E-state index >= 15 is 0 Å². The number of halogens is 1. The molecule has 0 fully saturated rings. The highest BCUT2D eigenvalue weighted by Gasteiger charge is 2.39. The molecule has 0 spiro atoms. The molecule has 2 heterocycles. The van der Waals surface area contributed by atoms with E-state index in [1.165, 1.54) is 22.4 Å². The van der Waals surface area contributed by atoms with Gasteiger partial charge in [-0.1, -0.05) is 29.8 Å². The topological polar surface area (TPSA) is 24.9 Å². The largest absolute Gasteiger partial charge is 0.377 e. The number of allylic oxidation sites excluding steroid dienone is 2. The van der Waals surface area contributed by atoms with Crippen LogP contribution < -0.4 is 5.32 Å². The second-order valence-corrected chi connectivity index (χ2v) is 6.32. The van der Waals surface area contributed by atoms with Crippen LogP contribution in [0.2, 0.25) is 5.02 Å². The van der Waals surface area contributed by atoms with Crippen molar-refractivity contribution < 1.29 is 0 Å². The van der Waals surface area contributed by atoms with Crippen LogP contribution in [0.25, 0.3) is 0 Å². The van der Waals surface area contributed by atoms with E-state index in [1.54, 1.807) is 0 Å². The van der Waals surface area contributed by atoms with Crippen molar-refractivity contribution in [2.45, 2.75) is 25.3 Å². The number of nitrogens with zero attached hydrogens (tertiary/aromatic N) is 1. The molecule has 0 saturated carbocycles. The second-order valence-electron chi connectivity index (χ2n) is 5.91. The summed E-state index contributed by atoms with van der Waals surface area (Å²) in [6.07, 6.45) is 9.45. The molecule has 0 bridgehead atoms. The Morgan fingerprint density at radius 3 is 2.81 bits per heavy atom. The summed E-state index contributed by atoms with van der Waals surface area (Å²) in [7, 11) is 0. The van der Waals surface area contributed by atoms with E-state index in [-0.39, 0.29) is 0 Å². The zero-order chi connectivity index (χ0) is 14.4. The van der Waals surface area contributed by atoms with E-state index in [0.717, 1.165) is 11.4 Å². The lowest BCUT2D eigenvalue weighted by molar-refractivity contribution is 0.425. The molecule has 2 nitrogen and oxygen atoms in total. The van der Waals surface area contributed by atoms with E-state index < -0.39 is 0 Å². The average Bonchev–Trinajstić information content (AvgIpc) is 3.00. The van der Waals surface area contributed by atoms with Gasteiger partial charge in [0.1, 0.15) is 0 Å². The van der Waals surface area contributed by atoms with Gasteiger partial charge in [-0.25, -0.2) is 0 Å². The summed E-state index contributed by atoms with van der Waals surface area (Å²) in [5.41, 5.74) is 5.03. The smallest absolute Gasteiger partial charge is 0.0555 e. The average molecular weight is 297 g/mol. The molecule has 1 N–H and O–H groups in total. The highest BCUT2D eigenvalue weighted by molar-refractivity contribution is 6.32. The van der Waals surface area contributed by atoms with Gasteiger partial charge in [0.2, 0.25) is 0 Å². The Hall–Kier alpha value is -1.80. The molecule has 0 unspecified atom stereocenters. The Balaban J connectivity index is 1.86. The highest BCUT2D eigenvalue weighted by Crippen LogP contribution is 2.52. The quantitative estimate of drug-likeness (QED) is 0.759. The number of pyridine rings is 1. The number of benzene rings is 1. The minimum absolute atomic E-state index is 0.317. The Morgan fingerprint density at radius 2 is 2.00 bits per heavy atom. The van der Waals surface area contributed by atoms with Crippen molar-refractivity contribution >= 4 is 17.3 Å². The molecule has 0 saturated heterocycles. The Labute approximate surface area is 129 Å². The van der Waals surface area contributed by atoms with Gasteiger partial charge in [0.05, 0.1) is 6.04 Å². The summed E-state index contributed by atoms with van der Waals surface area (Å²) in [4.78, 5) is 4.14. The third-order valence-corrected chi connectivity index (χ3v) is 5.07. The van der Waals surface area contributed by atoms with Gasteiger partial charge >= 0.3 is 0 Å². The SMILES string of the molecule is Cc1ccc(Cl)c2c1N[C@H](c1ccncc1)[C@H]1CC=C[C@@H]21. The van der Waals surface area contributed by atoms with Crippen molar-refractivity contribution in [2.24, 2.45) is 5.92 Å². The normalized spacial score (nSPS) is 26.1. The maximum absolute atomic E-state index is 6.49. The van der Waals surface area contributed by atoms with Crippen molar-refractivity contribution in [2.75, 3.05) is 5.32 Å². The summed E-state index contributed by atoms with van der Waals surface area (Å²) in [5.74, 6) is 0.936. The number of rotatable bonds is 1. The van der Waals surface area contributed by atoms with Crippen molar-refractivity contribution in [3.05, 3.63) is 70.5 Å². The minimum atomic E-state index is 0.317. The summed E-state index contributed by atoms with van der Waals surface area (Å²) < 4.78 is 0. The number of aryl methyl sites for hydroxylation is 1. The predicted molar refractivity (Wildman–Crippen MR) is 86.8 cm³/mol. The molecule has 1 aliphatic heterocycles. The molecule has 2 aliphatic rings. The van der Waals surface area contributed by atoms with Gasteiger partial charge in [-0.05, 0) is 48.6 Å². The van der Waals surface area contributed by atoms with Crippen LogP contribution in [0.15, 0.2) is 48.8 Å². The maximum atomic E-state index is 6.49. The third-order valence-electron chi connectivity index (χ3n) is 4.74. The zero-order valence-corrected chi connectivity index (χ0v) is 12.6. The van der Waals surface area contributed by atoms with Crippen molar-refractivity contribution in [3.8, 4) is 0 Å². The molecule has 4 rings (SSSR count). The maximum Gasteiger partial charge on any atom is 0.0555 e. The van der Waals surface area contributed by atoms with Crippen molar-refractivity contribution in [1.82, 2.24) is 4.98 Å². The Morgan fingerprint density at radius 1 is 1.19 bits per heavy atom. The lowest BCUT2D eigenvalue weighted by Crippen LogP contribution is -2.29. The first-order chi connectivity index (χ1) is 10.3. The van der Waals surface area contributed by atoms with E-state index in [0.29, 0.717) is 17.9 Å². The van der Waals surface area contributed by atoms with Crippen LogP contribution in [0.5, 0.6) is 0 Å². The van der Waals surface area contributed by atoms with E-state index in [9.17, 15) is 0 Å². The van der Waals surface area contributed by atoms with Crippen LogP contribution in [0, 0.1) is 12.8 Å². The summed E-state index contributed by atoms with van der Waals surface area (Å²) in [6.45, 7) is 2.14. The first-order valence-corrected chi connectivity index (χ1v) is 7.75. The number of hydrogen-bond acceptors (Lipinski definition) is 2. The molecule has 1 aromatic heterocycles. The van der Waals surface area contributed by atoms with Gasteiger partial charge in [-0.2, -0.15) is 0 Å². The standard InChI is InChI=1S/C18H17ClN2/c1-11-5-6-15(19)16-13-3-2-4-14(13)18(21-17(11)16)12-7-9-20-10-8-12/h2-3,5-10,13-14,18,21H,4H2,1H3/t13-,14+,18-/m1/s1. The summed E-state index contributed by atoms with van der Waals surface area (Å²) in [6, 6.07) is 8.65. The van der Waals surface area contributed by atoms with Crippen LogP contribution in [-0.4, -0.2) is 4.98 Å². The van der Waals surface area contributed by atoms with E-state index in [1.807, 2.05) is 18.5 Å². The van der Waals surface area contributed by atoms with Crippen LogP contribution >= 0.6 is 11.6 Å². The second kappa shape index (κ2) is 4.88. The fourth-order valence-electron chi connectivity index (χ4n) is 3.71. The van der Waals surface area contributed by atoms with Gasteiger partial charge in [-0.15, -0.1) is 0 Å². The molecule has 21 heavy (non-hydrogen) atoms. The van der Waals surface area contributed by atoms with E-state index in [4.69, 9.17) is 11.6 Å². The molecular weight excluding hydrogens is 280 g/mol. The van der Waals surface area contributed by atoms with Crippen molar-refractivity contribution in [1.29, 1.82) is 0 Å². The summed E-state index contributed by atoms with van der Waals surface area (Å²) in [5, 5.41) is 4.61. The molecule has 0 amide bonds. The predicted octanol–water partition coefficient (Wildman–Crippen LogP) is 4.87. The zero-order valence-electron chi connectivity index (χ0n) is 11.9. The molecular formula is C18H17ClN2. The van der Waals surface area contributed by atoms with Crippen LogP contribution in [0.1, 0.15) is 35.1 Å². The first-order valence-electron chi connectivity index (χ1n) is 7.38. The lowest BCUT2D eigenvalue weighted by Gasteiger charge is -2.38. The molecule has 3 atom stereocenters. The van der Waals surface area contributed by atoms with E-state index in [2.05, 4.69) is 47.6 Å². The lowest BCUT2D eigenvalue weighted by atomic mass is 9.76. The van der Waals surface area contributed by atoms with Gasteiger partial charge in [0, 0.05) is 34.6 Å². The fourth-order valence-corrected chi connectivity index (χ4v) is 3.99. The fraction of sp³-hybridized carbons (Fsp3) is 0.278. The first kappa shape index (κ1) is 12.9. The number of nitrogens with one attached hydrogen (secondary N) is 1. The van der Waals surface area contributed by atoms with Crippen LogP contribution in [-0.2, 0) is 0 Å². The molecule has 0 radical (unpaired) electrons. The van der Waals surface area contributed by atoms with Crippen molar-refractivity contribution in [3.63, 3.8) is 0 Å². The monoisotopic (exact) mass is 296 g/mol. The molecule has 2 aromatic rings. The molecule has 3 heteroatoms. The van der Waals surface area contributed by atoms with Gasteiger partial charge in [0.25, 0.3) is 0 Å². The third kappa shape index (κ3) is 1.97. The molecule has 106 valence electrons. The molecule has 1 aromatic carbocycles. The number of anilines is 1. The van der Waals surface area contributed by atoms with Gasteiger partial charge in [-0.3, -0.25) is 4.98 Å². The Kier molecular flexibility index (Phi) is 3.00. The molecule has 1 aliphatic carbocycles. The summed E-state index contributed by atoms with van der Waals surface area (Å²) >= 11 is 6.49. The van der Waals surface area contributed by atoms with Gasteiger partial charge < -0.3 is 5.32 Å². The Bertz CT molecular complexity index is 709. The minimum Gasteiger partial charge on any atom is -0.377 e. The van der Waals surface area contributed by atoms with Crippen LogP contribution in [0.3, 0.4) is 0 Å². The van der Waals surface area contributed by atoms with Crippen LogP contribution in [0.4, 0.5) is 5.69 Å². The number of hydrogen-bond donors (Lipinski definition) is 1. The number of aromatic nitrogens is 1. The highest BCUT2D eigenvalue weighted by atomic mass is 35.5. The van der Waals surface area contributed by atoms with Gasteiger partial charge in [0.15, 0.2) is 0 Å².